The summed E-state index contributed by atoms with van der Waals surface area (Å²) in [6.45, 7) is 0.763. The fourth-order valence-corrected chi connectivity index (χ4v) is 2.86. The lowest BCUT2D eigenvalue weighted by molar-refractivity contribution is -0.140. The van der Waals surface area contributed by atoms with Crippen LogP contribution in [0.5, 0.6) is 0 Å². The van der Waals surface area contributed by atoms with Crippen LogP contribution in [0.4, 0.5) is 4.79 Å². The van der Waals surface area contributed by atoms with Crippen molar-refractivity contribution in [2.45, 2.75) is 31.5 Å². The van der Waals surface area contributed by atoms with Crippen molar-refractivity contribution < 1.29 is 19.6 Å². The number of carbonyl (C=O) groups excluding carboxylic acids is 2. The number of nitrogens with zero attached hydrogens (tertiary/aromatic N) is 2. The van der Waals surface area contributed by atoms with Crippen LogP contribution in [0.25, 0.3) is 0 Å². The Balaban J connectivity index is 1.66. The summed E-state index contributed by atoms with van der Waals surface area (Å²) in [5.41, 5.74) is 2.60. The lowest BCUT2D eigenvalue weighted by Crippen LogP contribution is -2.49. The number of amides is 3. The van der Waals surface area contributed by atoms with Crippen molar-refractivity contribution in [3.8, 4) is 0 Å². The minimum absolute atomic E-state index is 0.0380. The van der Waals surface area contributed by atoms with Crippen molar-refractivity contribution in [1.82, 2.24) is 15.4 Å². The van der Waals surface area contributed by atoms with Crippen LogP contribution in [0.15, 0.2) is 30.3 Å². The predicted octanol–water partition coefficient (Wildman–Crippen LogP) is 0.892. The minimum atomic E-state index is -0.621. The maximum atomic E-state index is 12.3. The van der Waals surface area contributed by atoms with Crippen LogP contribution in [-0.2, 0) is 16.2 Å². The molecule has 2 bridgehead atoms. The third kappa shape index (κ3) is 2.57. The average molecular weight is 291 g/mol. The van der Waals surface area contributed by atoms with Crippen LogP contribution in [-0.4, -0.2) is 45.7 Å². The number of rotatable bonds is 4. The summed E-state index contributed by atoms with van der Waals surface area (Å²) in [6, 6.07) is 8.61. The summed E-state index contributed by atoms with van der Waals surface area (Å²) in [4.78, 5) is 31.0. The lowest BCUT2D eigenvalue weighted by Gasteiger charge is -2.28. The van der Waals surface area contributed by atoms with Crippen LogP contribution >= 0.6 is 0 Å². The Kier molecular flexibility index (Phi) is 3.76. The number of carbonyl (C=O) groups is 2. The molecule has 1 aromatic carbocycles. The fourth-order valence-electron chi connectivity index (χ4n) is 2.86. The van der Waals surface area contributed by atoms with Crippen LogP contribution in [0, 0.1) is 0 Å². The zero-order valence-electron chi connectivity index (χ0n) is 11.4. The maximum Gasteiger partial charge on any atom is 0.345 e. The van der Waals surface area contributed by atoms with Crippen molar-refractivity contribution in [3.63, 3.8) is 0 Å². The topological polar surface area (TPSA) is 82.1 Å². The second kappa shape index (κ2) is 5.71. The molecule has 2 atom stereocenters. The molecular weight excluding hydrogens is 274 g/mol. The van der Waals surface area contributed by atoms with E-state index in [1.807, 2.05) is 30.3 Å². The number of hydrogen-bond donors (Lipinski definition) is 2. The van der Waals surface area contributed by atoms with Crippen LogP contribution < -0.4 is 5.48 Å². The molecule has 1 unspecified atom stereocenters. The Morgan fingerprint density at radius 1 is 1.33 bits per heavy atom. The molecular formula is C14H17N3O4. The smallest absolute Gasteiger partial charge is 0.309 e. The lowest BCUT2D eigenvalue weighted by atomic mass is 10.0. The van der Waals surface area contributed by atoms with Gasteiger partial charge in [0, 0.05) is 6.54 Å². The Labute approximate surface area is 122 Å². The molecule has 0 radical (unpaired) electrons. The predicted molar refractivity (Wildman–Crippen MR) is 71.9 cm³/mol. The third-order valence-electron chi connectivity index (χ3n) is 3.95. The molecule has 2 aliphatic heterocycles. The zero-order chi connectivity index (χ0) is 14.8. The van der Waals surface area contributed by atoms with Gasteiger partial charge in [-0.1, -0.05) is 30.3 Å². The van der Waals surface area contributed by atoms with E-state index in [0.29, 0.717) is 26.0 Å². The molecule has 21 heavy (non-hydrogen) atoms. The Morgan fingerprint density at radius 3 is 2.81 bits per heavy atom. The van der Waals surface area contributed by atoms with Gasteiger partial charge in [-0.25, -0.2) is 10.3 Å². The number of hydroxylamine groups is 3. The molecule has 2 saturated heterocycles. The number of piperidine rings is 1. The van der Waals surface area contributed by atoms with E-state index in [9.17, 15) is 9.59 Å². The highest BCUT2D eigenvalue weighted by molar-refractivity contribution is 5.87. The van der Waals surface area contributed by atoms with E-state index in [1.54, 1.807) is 5.48 Å². The second-order valence-corrected chi connectivity index (χ2v) is 5.24. The van der Waals surface area contributed by atoms with Crippen molar-refractivity contribution in [1.29, 1.82) is 0 Å². The highest BCUT2D eigenvalue weighted by Gasteiger charge is 2.47. The van der Waals surface area contributed by atoms with E-state index < -0.39 is 11.9 Å². The number of nitrogens with one attached hydrogen (secondary N) is 1. The molecule has 2 aliphatic rings. The largest absolute Gasteiger partial charge is 0.345 e. The van der Waals surface area contributed by atoms with E-state index in [4.69, 9.17) is 10.0 Å². The van der Waals surface area contributed by atoms with Gasteiger partial charge in [0.1, 0.15) is 12.6 Å². The fraction of sp³-hybridized carbons (Fsp3) is 0.429. The molecule has 0 saturated carbocycles. The Morgan fingerprint density at radius 2 is 2.10 bits per heavy atom. The molecule has 0 spiro atoms. The Bertz CT molecular complexity index is 536. The monoisotopic (exact) mass is 291 g/mol. The zero-order valence-corrected chi connectivity index (χ0v) is 11.4. The van der Waals surface area contributed by atoms with E-state index in [2.05, 4.69) is 0 Å². The minimum Gasteiger partial charge on any atom is -0.309 e. The first kappa shape index (κ1) is 13.8. The van der Waals surface area contributed by atoms with Crippen LogP contribution in [0.1, 0.15) is 18.4 Å². The standard InChI is InChI=1S/C14H17N3O4/c18-13(15-20)12-7-6-11-8-16(12)14(19)17(11)21-9-10-4-2-1-3-5-10/h1-5,11-12,20H,6-9H2,(H,15,18)/t11?,12-/m0/s1. The van der Waals surface area contributed by atoms with Gasteiger partial charge >= 0.3 is 6.03 Å². The average Bonchev–Trinajstić information content (AvgIpc) is 2.77. The number of urea groups is 1. The van der Waals surface area contributed by atoms with Crippen molar-refractivity contribution in [2.75, 3.05) is 6.54 Å². The number of hydrogen-bond acceptors (Lipinski definition) is 4. The van der Waals surface area contributed by atoms with Gasteiger partial charge in [0.2, 0.25) is 0 Å². The first-order valence-corrected chi connectivity index (χ1v) is 6.91. The van der Waals surface area contributed by atoms with Crippen molar-refractivity contribution >= 4 is 11.9 Å². The van der Waals surface area contributed by atoms with Crippen molar-refractivity contribution in [2.24, 2.45) is 0 Å². The van der Waals surface area contributed by atoms with Gasteiger partial charge < -0.3 is 4.90 Å². The Hall–Kier alpha value is -2.12. The maximum absolute atomic E-state index is 12.3. The summed E-state index contributed by atoms with van der Waals surface area (Å²) < 4.78 is 0. The molecule has 2 N–H and O–H groups in total. The van der Waals surface area contributed by atoms with Gasteiger partial charge in [0.05, 0.1) is 6.04 Å². The summed E-state index contributed by atoms with van der Waals surface area (Å²) in [5, 5.41) is 10.1. The molecule has 3 rings (SSSR count). The normalized spacial score (nSPS) is 24.3. The first-order valence-electron chi connectivity index (χ1n) is 6.91. The van der Waals surface area contributed by atoms with Gasteiger partial charge in [0.25, 0.3) is 5.91 Å². The molecule has 1 aromatic rings. The number of fused-ring (bicyclic) bond motifs is 2. The SMILES string of the molecule is O=C(NO)[C@@H]1CCC2CN1C(=O)N2OCc1ccccc1. The van der Waals surface area contributed by atoms with E-state index >= 15 is 0 Å². The molecule has 0 aliphatic carbocycles. The van der Waals surface area contributed by atoms with Crippen molar-refractivity contribution in [3.05, 3.63) is 35.9 Å². The van der Waals surface area contributed by atoms with Gasteiger partial charge in [0.15, 0.2) is 0 Å². The molecule has 3 amide bonds. The van der Waals surface area contributed by atoms with E-state index in [0.717, 1.165) is 5.56 Å². The quantitative estimate of drug-likeness (QED) is 0.637. The third-order valence-corrected chi connectivity index (χ3v) is 3.95. The van der Waals surface area contributed by atoms with Gasteiger partial charge in [-0.15, -0.1) is 0 Å². The summed E-state index contributed by atoms with van der Waals surface area (Å²) in [6.07, 6.45) is 1.20. The highest BCUT2D eigenvalue weighted by Crippen LogP contribution is 2.30. The summed E-state index contributed by atoms with van der Waals surface area (Å²) in [7, 11) is 0. The van der Waals surface area contributed by atoms with Gasteiger partial charge in [-0.2, -0.15) is 5.06 Å². The second-order valence-electron chi connectivity index (χ2n) is 5.24. The van der Waals surface area contributed by atoms with E-state index in [1.165, 1.54) is 9.96 Å². The molecule has 2 fully saturated rings. The summed E-state index contributed by atoms with van der Waals surface area (Å²) in [5.74, 6) is -0.549. The highest BCUT2D eigenvalue weighted by atomic mass is 16.7. The molecule has 2 heterocycles. The van der Waals surface area contributed by atoms with Crippen LogP contribution in [0.2, 0.25) is 0 Å². The van der Waals surface area contributed by atoms with E-state index in [-0.39, 0.29) is 12.1 Å². The van der Waals surface area contributed by atoms with Gasteiger partial charge in [-0.05, 0) is 18.4 Å². The van der Waals surface area contributed by atoms with Crippen LogP contribution in [0.3, 0.4) is 0 Å². The molecule has 7 nitrogen and oxygen atoms in total. The molecule has 7 heteroatoms. The first-order chi connectivity index (χ1) is 10.2. The molecule has 0 aromatic heterocycles. The summed E-state index contributed by atoms with van der Waals surface area (Å²) >= 11 is 0. The van der Waals surface area contributed by atoms with Gasteiger partial charge in [-0.3, -0.25) is 14.8 Å². The number of benzene rings is 1. The molecule has 112 valence electrons.